The van der Waals surface area contributed by atoms with E-state index in [4.69, 9.17) is 44.3 Å². The number of benzene rings is 3. The molecular formula is C29H21Cl3O5. The molecule has 3 aromatic carbocycles. The minimum absolute atomic E-state index is 0.0492. The monoisotopic (exact) mass is 554 g/mol. The van der Waals surface area contributed by atoms with Crippen molar-refractivity contribution in [2.75, 3.05) is 0 Å². The van der Waals surface area contributed by atoms with Gasteiger partial charge in [0, 0.05) is 22.8 Å². The van der Waals surface area contributed by atoms with Crippen molar-refractivity contribution in [3.63, 3.8) is 0 Å². The number of carbonyl (C=O) groups is 1. The van der Waals surface area contributed by atoms with Crippen molar-refractivity contribution in [1.29, 1.82) is 0 Å². The largest absolute Gasteiger partial charge is 0.507 e. The molecule has 0 radical (unpaired) electrons. The quantitative estimate of drug-likeness (QED) is 0.317. The zero-order valence-electron chi connectivity index (χ0n) is 19.8. The lowest BCUT2D eigenvalue weighted by molar-refractivity contribution is -0.0407. The van der Waals surface area contributed by atoms with E-state index in [1.807, 2.05) is 50.3 Å². The van der Waals surface area contributed by atoms with E-state index in [2.05, 4.69) is 0 Å². The SMILES string of the molecule is CC(C)C1=CC2C(Oc3cc(O)c(Cl)cc3C23OC(=O)c2cc(Cl)c(Cl)cc23)C(c2ccccc2)=C1O. The maximum absolute atomic E-state index is 13.3. The Morgan fingerprint density at radius 2 is 1.59 bits per heavy atom. The van der Waals surface area contributed by atoms with Gasteiger partial charge in [0.25, 0.3) is 0 Å². The molecule has 2 N–H and O–H groups in total. The van der Waals surface area contributed by atoms with Crippen molar-refractivity contribution in [1.82, 2.24) is 0 Å². The first-order valence-electron chi connectivity index (χ1n) is 11.8. The molecule has 3 aliphatic rings. The normalized spacial score (nSPS) is 23.8. The molecule has 1 aliphatic carbocycles. The maximum Gasteiger partial charge on any atom is 0.339 e. The Labute approximate surface area is 228 Å². The minimum atomic E-state index is -1.41. The third kappa shape index (κ3) is 3.41. The van der Waals surface area contributed by atoms with E-state index in [0.29, 0.717) is 22.3 Å². The number of aliphatic hydroxyl groups excluding tert-OH is 1. The van der Waals surface area contributed by atoms with Crippen LogP contribution < -0.4 is 4.74 Å². The average molecular weight is 556 g/mol. The van der Waals surface area contributed by atoms with Crippen molar-refractivity contribution in [3.05, 3.63) is 109 Å². The van der Waals surface area contributed by atoms with Crippen LogP contribution in [0.15, 0.2) is 72.0 Å². The van der Waals surface area contributed by atoms with Crippen LogP contribution in [0.5, 0.6) is 11.5 Å². The molecule has 0 fully saturated rings. The first kappa shape index (κ1) is 24.2. The van der Waals surface area contributed by atoms with Crippen LogP contribution in [0.4, 0.5) is 0 Å². The minimum Gasteiger partial charge on any atom is -0.507 e. The predicted molar refractivity (Wildman–Crippen MR) is 143 cm³/mol. The fourth-order valence-corrected chi connectivity index (χ4v) is 6.14. The molecule has 0 amide bonds. The zero-order valence-corrected chi connectivity index (χ0v) is 22.0. The number of carbonyl (C=O) groups excluding carboxylic acids is 1. The lowest BCUT2D eigenvalue weighted by Crippen LogP contribution is -2.50. The Kier molecular flexibility index (Phi) is 5.53. The van der Waals surface area contributed by atoms with Gasteiger partial charge in [-0.2, -0.15) is 0 Å². The van der Waals surface area contributed by atoms with Gasteiger partial charge in [0.05, 0.1) is 26.5 Å². The Hall–Kier alpha value is -3.12. The summed E-state index contributed by atoms with van der Waals surface area (Å²) in [6.45, 7) is 3.96. The Morgan fingerprint density at radius 3 is 2.30 bits per heavy atom. The number of ether oxygens (including phenoxy) is 2. The number of rotatable bonds is 2. The summed E-state index contributed by atoms with van der Waals surface area (Å²) < 4.78 is 12.8. The summed E-state index contributed by atoms with van der Waals surface area (Å²) in [4.78, 5) is 13.3. The number of hydrogen-bond acceptors (Lipinski definition) is 5. The second-order valence-corrected chi connectivity index (χ2v) is 10.9. The number of fused-ring (bicyclic) bond motifs is 6. The van der Waals surface area contributed by atoms with E-state index >= 15 is 0 Å². The lowest BCUT2D eigenvalue weighted by Gasteiger charge is -2.47. The number of aromatic hydroxyl groups is 1. The van der Waals surface area contributed by atoms with Crippen LogP contribution in [-0.4, -0.2) is 22.3 Å². The van der Waals surface area contributed by atoms with Crippen molar-refractivity contribution < 1.29 is 24.5 Å². The molecule has 0 saturated carbocycles. The van der Waals surface area contributed by atoms with Crippen molar-refractivity contribution in [3.8, 4) is 11.5 Å². The van der Waals surface area contributed by atoms with Crippen molar-refractivity contribution in [2.45, 2.75) is 25.6 Å². The summed E-state index contributed by atoms with van der Waals surface area (Å²) in [5, 5.41) is 22.5. The van der Waals surface area contributed by atoms with Crippen LogP contribution in [-0.2, 0) is 10.3 Å². The van der Waals surface area contributed by atoms with E-state index in [0.717, 1.165) is 5.56 Å². The van der Waals surface area contributed by atoms with Gasteiger partial charge in [-0.1, -0.05) is 85.1 Å². The van der Waals surface area contributed by atoms with E-state index in [1.165, 1.54) is 12.1 Å². The standard InChI is InChI=1S/C29H21Cl3O5/c1-13(2)15-8-19-27(25(26(15)34)14-6-4-3-5-7-14)36-24-12-23(33)22(32)11-18(24)29(19)17-10-21(31)20(30)9-16(17)28(35)37-29/h3-13,19,27,33-34H,1-2H3. The van der Waals surface area contributed by atoms with Gasteiger partial charge in [-0.25, -0.2) is 4.79 Å². The first-order chi connectivity index (χ1) is 17.6. The van der Waals surface area contributed by atoms with E-state index in [-0.39, 0.29) is 43.8 Å². The molecule has 188 valence electrons. The van der Waals surface area contributed by atoms with Gasteiger partial charge in [-0.3, -0.25) is 0 Å². The van der Waals surface area contributed by atoms with Crippen molar-refractivity contribution >= 4 is 46.3 Å². The zero-order chi connectivity index (χ0) is 26.2. The summed E-state index contributed by atoms with van der Waals surface area (Å²) in [5.41, 5.74) is 1.87. The summed E-state index contributed by atoms with van der Waals surface area (Å²) in [5.74, 6) is -1.02. The van der Waals surface area contributed by atoms with E-state index < -0.39 is 23.6 Å². The second-order valence-electron chi connectivity index (χ2n) is 9.71. The molecule has 3 aromatic rings. The predicted octanol–water partition coefficient (Wildman–Crippen LogP) is 7.71. The highest BCUT2D eigenvalue weighted by Crippen LogP contribution is 2.60. The molecule has 6 rings (SSSR count). The second kappa shape index (κ2) is 8.45. The third-order valence-electron chi connectivity index (χ3n) is 7.31. The van der Waals surface area contributed by atoms with Crippen LogP contribution in [0, 0.1) is 11.8 Å². The number of phenols is 1. The van der Waals surface area contributed by atoms with Crippen LogP contribution in [0.3, 0.4) is 0 Å². The number of phenolic OH excluding ortho intramolecular Hbond substituents is 1. The van der Waals surface area contributed by atoms with Gasteiger partial charge in [0.1, 0.15) is 23.4 Å². The van der Waals surface area contributed by atoms with E-state index in [1.54, 1.807) is 12.1 Å². The number of esters is 1. The van der Waals surface area contributed by atoms with Gasteiger partial charge >= 0.3 is 5.97 Å². The Balaban J connectivity index is 1.72. The van der Waals surface area contributed by atoms with Gasteiger partial charge in [-0.15, -0.1) is 0 Å². The molecule has 0 bridgehead atoms. The number of allylic oxidation sites excluding steroid dienone is 1. The van der Waals surface area contributed by atoms with Crippen LogP contribution >= 0.6 is 34.8 Å². The number of hydrogen-bond donors (Lipinski definition) is 2. The van der Waals surface area contributed by atoms with Gasteiger partial charge < -0.3 is 19.7 Å². The van der Waals surface area contributed by atoms with Gasteiger partial charge in [0.2, 0.25) is 0 Å². The molecule has 3 atom stereocenters. The summed E-state index contributed by atoms with van der Waals surface area (Å²) in [6.07, 6.45) is 1.14. The first-order valence-corrected chi connectivity index (χ1v) is 12.9. The molecule has 1 spiro atoms. The maximum atomic E-state index is 13.3. The molecule has 2 heterocycles. The number of aliphatic hydroxyl groups is 1. The highest BCUT2D eigenvalue weighted by Gasteiger charge is 2.61. The lowest BCUT2D eigenvalue weighted by atomic mass is 9.66. The van der Waals surface area contributed by atoms with Gasteiger partial charge in [-0.05, 0) is 35.3 Å². The average Bonchev–Trinajstić information content (AvgIpc) is 3.13. The molecule has 8 heteroatoms. The fraction of sp³-hybridized carbons (Fsp3) is 0.207. The number of halogens is 3. The highest BCUT2D eigenvalue weighted by molar-refractivity contribution is 6.42. The Morgan fingerprint density at radius 1 is 0.919 bits per heavy atom. The van der Waals surface area contributed by atoms with Gasteiger partial charge in [0.15, 0.2) is 5.60 Å². The molecule has 2 aliphatic heterocycles. The molecule has 0 aromatic heterocycles. The fourth-order valence-electron chi connectivity index (χ4n) is 5.65. The summed E-state index contributed by atoms with van der Waals surface area (Å²) >= 11 is 19.1. The molecule has 3 unspecified atom stereocenters. The highest BCUT2D eigenvalue weighted by atomic mass is 35.5. The molecule has 5 nitrogen and oxygen atoms in total. The van der Waals surface area contributed by atoms with Crippen molar-refractivity contribution in [2.24, 2.45) is 11.8 Å². The Bertz CT molecular complexity index is 1540. The van der Waals surface area contributed by atoms with Crippen LogP contribution in [0.1, 0.15) is 40.9 Å². The summed E-state index contributed by atoms with van der Waals surface area (Å²) in [6, 6.07) is 15.5. The molecule has 37 heavy (non-hydrogen) atoms. The van der Waals surface area contributed by atoms with E-state index in [9.17, 15) is 15.0 Å². The topological polar surface area (TPSA) is 76.0 Å². The van der Waals surface area contributed by atoms with Crippen LogP contribution in [0.2, 0.25) is 15.1 Å². The third-order valence-corrected chi connectivity index (χ3v) is 8.34. The molecule has 0 saturated heterocycles. The summed E-state index contributed by atoms with van der Waals surface area (Å²) in [7, 11) is 0. The molecular weight excluding hydrogens is 535 g/mol. The van der Waals surface area contributed by atoms with Crippen LogP contribution in [0.25, 0.3) is 5.57 Å². The smallest absolute Gasteiger partial charge is 0.339 e.